The van der Waals surface area contributed by atoms with Gasteiger partial charge in [0.25, 0.3) is 0 Å². The lowest BCUT2D eigenvalue weighted by Crippen LogP contribution is -2.23. The van der Waals surface area contributed by atoms with Gasteiger partial charge in [0.05, 0.1) is 11.9 Å². The van der Waals surface area contributed by atoms with Crippen molar-refractivity contribution in [2.75, 3.05) is 0 Å². The first-order valence-electron chi connectivity index (χ1n) is 3.79. The van der Waals surface area contributed by atoms with Crippen LogP contribution in [0, 0.1) is 0 Å². The highest BCUT2D eigenvalue weighted by molar-refractivity contribution is 6.69. The van der Waals surface area contributed by atoms with Gasteiger partial charge in [0, 0.05) is 0 Å². The van der Waals surface area contributed by atoms with Crippen LogP contribution in [-0.4, -0.2) is 19.0 Å². The molecule has 0 bridgehead atoms. The average Bonchev–Trinajstić information content (AvgIpc) is 1.55. The maximum Gasteiger partial charge on any atom is 0.241 e. The third-order valence-electron chi connectivity index (χ3n) is 0.898. The molecule has 0 fully saturated rings. The fourth-order valence-electron chi connectivity index (χ4n) is 0.405. The molecule has 0 aromatic carbocycles. The number of hydrogen-bond donors (Lipinski definition) is 1. The molecule has 0 rings (SSSR count). The molecule has 1 N–H and O–H groups in total. The van der Waals surface area contributed by atoms with Gasteiger partial charge in [-0.1, -0.05) is 0 Å². The van der Waals surface area contributed by atoms with Crippen LogP contribution in [-0.2, 0) is 4.43 Å². The standard InChI is InChI=1S/C8H18O2Si/c1-8(2,9)6-7-10-11(3,4)5/h6-7,9H,1-5H3/b7-6-. The summed E-state index contributed by atoms with van der Waals surface area (Å²) in [6, 6.07) is 0. The summed E-state index contributed by atoms with van der Waals surface area (Å²) in [5.74, 6) is 0. The summed E-state index contributed by atoms with van der Waals surface area (Å²) in [7, 11) is -1.45. The van der Waals surface area contributed by atoms with E-state index in [9.17, 15) is 5.11 Å². The van der Waals surface area contributed by atoms with Crippen LogP contribution in [0.4, 0.5) is 0 Å². The molecular formula is C8H18O2Si. The molecule has 66 valence electrons. The van der Waals surface area contributed by atoms with Gasteiger partial charge in [0.15, 0.2) is 0 Å². The van der Waals surface area contributed by atoms with Crippen LogP contribution >= 0.6 is 0 Å². The van der Waals surface area contributed by atoms with Gasteiger partial charge in [-0.05, 0) is 39.6 Å². The molecule has 0 aliphatic rings. The predicted octanol–water partition coefficient (Wildman–Crippen LogP) is 2.12. The maximum atomic E-state index is 9.26. The highest BCUT2D eigenvalue weighted by Gasteiger charge is 2.14. The van der Waals surface area contributed by atoms with Gasteiger partial charge in [-0.25, -0.2) is 0 Å². The molecule has 0 aliphatic heterocycles. The van der Waals surface area contributed by atoms with E-state index in [2.05, 4.69) is 19.6 Å². The van der Waals surface area contributed by atoms with Gasteiger partial charge >= 0.3 is 0 Å². The lowest BCUT2D eigenvalue weighted by Gasteiger charge is -2.17. The van der Waals surface area contributed by atoms with E-state index in [1.807, 2.05) is 0 Å². The number of hydrogen-bond acceptors (Lipinski definition) is 2. The quantitative estimate of drug-likeness (QED) is 0.524. The zero-order valence-corrected chi connectivity index (χ0v) is 9.01. The molecule has 0 aliphatic carbocycles. The lowest BCUT2D eigenvalue weighted by atomic mass is 10.1. The third-order valence-corrected chi connectivity index (χ3v) is 1.74. The Balaban J connectivity index is 3.80. The second kappa shape index (κ2) is 3.41. The molecular weight excluding hydrogens is 156 g/mol. The molecule has 3 heteroatoms. The van der Waals surface area contributed by atoms with Crippen LogP contribution in [0.15, 0.2) is 12.3 Å². The molecule has 0 saturated heterocycles. The van der Waals surface area contributed by atoms with Crippen molar-refractivity contribution in [2.24, 2.45) is 0 Å². The van der Waals surface area contributed by atoms with Crippen molar-refractivity contribution < 1.29 is 9.53 Å². The Hall–Kier alpha value is -0.283. The fraction of sp³-hybridized carbons (Fsp3) is 0.750. The van der Waals surface area contributed by atoms with E-state index in [1.54, 1.807) is 26.2 Å². The minimum absolute atomic E-state index is 0.764. The van der Waals surface area contributed by atoms with Gasteiger partial charge in [-0.15, -0.1) is 0 Å². The van der Waals surface area contributed by atoms with E-state index in [0.29, 0.717) is 0 Å². The Bertz CT molecular complexity index is 139. The highest BCUT2D eigenvalue weighted by Crippen LogP contribution is 2.06. The summed E-state index contributed by atoms with van der Waals surface area (Å²) < 4.78 is 5.40. The third kappa shape index (κ3) is 9.72. The number of aliphatic hydroxyl groups is 1. The summed E-state index contributed by atoms with van der Waals surface area (Å²) in [5, 5.41) is 9.26. The SMILES string of the molecule is CC(C)(O)/C=C\O[Si](C)(C)C. The molecule has 2 nitrogen and oxygen atoms in total. The maximum absolute atomic E-state index is 9.26. The van der Waals surface area contributed by atoms with E-state index >= 15 is 0 Å². The van der Waals surface area contributed by atoms with Crippen molar-refractivity contribution in [1.82, 2.24) is 0 Å². The largest absolute Gasteiger partial charge is 0.550 e. The van der Waals surface area contributed by atoms with E-state index in [1.165, 1.54) is 0 Å². The Labute approximate surface area is 70.0 Å². The van der Waals surface area contributed by atoms with Gasteiger partial charge in [0.1, 0.15) is 0 Å². The highest BCUT2D eigenvalue weighted by atomic mass is 28.4. The van der Waals surface area contributed by atoms with Crippen molar-refractivity contribution in [1.29, 1.82) is 0 Å². The molecule has 0 aromatic heterocycles. The Kier molecular flexibility index (Phi) is 3.32. The molecule has 0 heterocycles. The molecule has 0 aromatic rings. The molecule has 0 amide bonds. The minimum atomic E-state index is -1.45. The van der Waals surface area contributed by atoms with E-state index in [4.69, 9.17) is 4.43 Å². The first-order valence-corrected chi connectivity index (χ1v) is 7.19. The molecule has 0 saturated carbocycles. The monoisotopic (exact) mass is 174 g/mol. The van der Waals surface area contributed by atoms with Gasteiger partial charge in [-0.3, -0.25) is 0 Å². The van der Waals surface area contributed by atoms with Crippen LogP contribution in [0.5, 0.6) is 0 Å². The second-order valence-electron chi connectivity index (χ2n) is 4.19. The summed E-state index contributed by atoms with van der Waals surface area (Å²) >= 11 is 0. The predicted molar refractivity (Wildman–Crippen MR) is 49.9 cm³/mol. The Morgan fingerprint density at radius 3 is 2.00 bits per heavy atom. The molecule has 0 atom stereocenters. The second-order valence-corrected chi connectivity index (χ2v) is 8.65. The molecule has 0 spiro atoms. The lowest BCUT2D eigenvalue weighted by molar-refractivity contribution is 0.131. The van der Waals surface area contributed by atoms with Crippen LogP contribution in [0.1, 0.15) is 13.8 Å². The van der Waals surface area contributed by atoms with Crippen molar-refractivity contribution in [2.45, 2.75) is 39.1 Å². The smallest absolute Gasteiger partial charge is 0.241 e. The van der Waals surface area contributed by atoms with Gasteiger partial charge in [0.2, 0.25) is 8.32 Å². The van der Waals surface area contributed by atoms with E-state index in [-0.39, 0.29) is 0 Å². The van der Waals surface area contributed by atoms with Crippen LogP contribution in [0.3, 0.4) is 0 Å². The Morgan fingerprint density at radius 1 is 1.27 bits per heavy atom. The molecule has 0 radical (unpaired) electrons. The van der Waals surface area contributed by atoms with Crippen LogP contribution in [0.25, 0.3) is 0 Å². The summed E-state index contributed by atoms with van der Waals surface area (Å²) in [6.45, 7) is 9.74. The van der Waals surface area contributed by atoms with Crippen LogP contribution in [0.2, 0.25) is 19.6 Å². The summed E-state index contributed by atoms with van der Waals surface area (Å²) in [5.41, 5.74) is -0.764. The van der Waals surface area contributed by atoms with Crippen molar-refractivity contribution in [3.8, 4) is 0 Å². The summed E-state index contributed by atoms with van der Waals surface area (Å²) in [6.07, 6.45) is 3.26. The first-order chi connectivity index (χ1) is 4.71. The first kappa shape index (κ1) is 10.7. The molecule has 11 heavy (non-hydrogen) atoms. The van der Waals surface area contributed by atoms with Gasteiger partial charge in [-0.2, -0.15) is 0 Å². The fourth-order valence-corrected chi connectivity index (χ4v) is 0.881. The summed E-state index contributed by atoms with van der Waals surface area (Å²) in [4.78, 5) is 0. The number of rotatable bonds is 3. The van der Waals surface area contributed by atoms with E-state index < -0.39 is 13.9 Å². The van der Waals surface area contributed by atoms with Crippen molar-refractivity contribution in [3.05, 3.63) is 12.3 Å². The normalized spacial score (nSPS) is 14.0. The minimum Gasteiger partial charge on any atom is -0.550 e. The zero-order chi connectivity index (χ0) is 9.12. The van der Waals surface area contributed by atoms with Crippen molar-refractivity contribution >= 4 is 8.32 Å². The van der Waals surface area contributed by atoms with E-state index in [0.717, 1.165) is 0 Å². The molecule has 0 unspecified atom stereocenters. The average molecular weight is 174 g/mol. The van der Waals surface area contributed by atoms with Crippen molar-refractivity contribution in [3.63, 3.8) is 0 Å². The topological polar surface area (TPSA) is 29.5 Å². The van der Waals surface area contributed by atoms with Gasteiger partial charge < -0.3 is 9.53 Å². The Morgan fingerprint density at radius 2 is 1.73 bits per heavy atom. The zero-order valence-electron chi connectivity index (χ0n) is 8.01. The van der Waals surface area contributed by atoms with Crippen LogP contribution < -0.4 is 0 Å².